The van der Waals surface area contributed by atoms with Crippen LogP contribution >= 0.6 is 0 Å². The van der Waals surface area contributed by atoms with Crippen LogP contribution < -0.4 is 5.32 Å². The van der Waals surface area contributed by atoms with E-state index in [0.29, 0.717) is 0 Å². The van der Waals surface area contributed by atoms with E-state index in [1.165, 1.54) is 10.9 Å². The first-order chi connectivity index (χ1) is 9.04. The fraction of sp³-hybridized carbons (Fsp3) is 0.667. The Kier molecular flexibility index (Phi) is 4.13. The fourth-order valence-electron chi connectivity index (χ4n) is 2.30. The van der Waals surface area contributed by atoms with E-state index in [9.17, 15) is 9.59 Å². The molecule has 0 bridgehead atoms. The maximum atomic E-state index is 11.8. The Balaban J connectivity index is 1.82. The lowest BCUT2D eigenvalue weighted by molar-refractivity contribution is -0.122. The third-order valence-electron chi connectivity index (χ3n) is 3.44. The normalized spacial score (nSPS) is 23.0. The van der Waals surface area contributed by atoms with Crippen LogP contribution in [0.3, 0.4) is 0 Å². The van der Waals surface area contributed by atoms with Gasteiger partial charge in [-0.15, -0.1) is 5.10 Å². The summed E-state index contributed by atoms with van der Waals surface area (Å²) >= 11 is 0. The predicted molar refractivity (Wildman–Crippen MR) is 66.5 cm³/mol. The molecule has 1 aliphatic carbocycles. The largest absolute Gasteiger partial charge is 0.476 e. The van der Waals surface area contributed by atoms with Crippen LogP contribution in [0.5, 0.6) is 0 Å². The van der Waals surface area contributed by atoms with Crippen molar-refractivity contribution in [3.8, 4) is 0 Å². The zero-order chi connectivity index (χ0) is 13.8. The van der Waals surface area contributed by atoms with Gasteiger partial charge in [0.05, 0.1) is 6.20 Å². The molecular weight excluding hydrogens is 248 g/mol. The molecule has 1 heterocycles. The van der Waals surface area contributed by atoms with Crippen molar-refractivity contribution >= 4 is 11.9 Å². The summed E-state index contributed by atoms with van der Waals surface area (Å²) in [6.45, 7) is 2.23. The molecule has 7 nitrogen and oxygen atoms in total. The maximum absolute atomic E-state index is 11.8. The number of aromatic nitrogens is 3. The number of carbonyl (C=O) groups is 2. The summed E-state index contributed by atoms with van der Waals surface area (Å²) in [6, 6.07) is 0.228. The van der Waals surface area contributed by atoms with Gasteiger partial charge in [0.1, 0.15) is 6.54 Å². The summed E-state index contributed by atoms with van der Waals surface area (Å²) in [5.41, 5.74) is -0.153. The molecular formula is C12H18N4O3. The predicted octanol–water partition coefficient (Wildman–Crippen LogP) is 0.671. The Morgan fingerprint density at radius 2 is 2.11 bits per heavy atom. The third kappa shape index (κ3) is 3.77. The molecule has 1 aromatic heterocycles. The zero-order valence-corrected chi connectivity index (χ0v) is 10.9. The van der Waals surface area contributed by atoms with Gasteiger partial charge in [-0.25, -0.2) is 9.48 Å². The Labute approximate surface area is 111 Å². The minimum absolute atomic E-state index is 0.00628. The van der Waals surface area contributed by atoms with E-state index in [2.05, 4.69) is 22.6 Å². The maximum Gasteiger partial charge on any atom is 0.358 e. The van der Waals surface area contributed by atoms with E-state index in [1.807, 2.05) is 0 Å². The molecule has 7 heteroatoms. The van der Waals surface area contributed by atoms with Crippen LogP contribution in [0.4, 0.5) is 0 Å². The molecule has 104 valence electrons. The average molecular weight is 266 g/mol. The number of hydrogen-bond acceptors (Lipinski definition) is 4. The average Bonchev–Trinajstić information content (AvgIpc) is 2.80. The van der Waals surface area contributed by atoms with Crippen LogP contribution in [-0.2, 0) is 11.3 Å². The van der Waals surface area contributed by atoms with E-state index in [1.54, 1.807) is 0 Å². The number of aromatic carboxylic acids is 1. The molecule has 0 radical (unpaired) electrons. The van der Waals surface area contributed by atoms with Crippen molar-refractivity contribution in [3.05, 3.63) is 11.9 Å². The summed E-state index contributed by atoms with van der Waals surface area (Å²) in [7, 11) is 0. The van der Waals surface area contributed by atoms with Crippen molar-refractivity contribution in [2.24, 2.45) is 5.92 Å². The molecule has 0 aromatic carbocycles. The van der Waals surface area contributed by atoms with Gasteiger partial charge in [-0.2, -0.15) is 0 Å². The standard InChI is InChI=1S/C12H18N4O3/c1-8-2-4-9(5-3-8)13-11(17)7-16-6-10(12(18)19)14-15-16/h6,8-9H,2-5,7H2,1H3,(H,13,17)(H,18,19). The number of nitrogens with one attached hydrogen (secondary N) is 1. The van der Waals surface area contributed by atoms with Crippen molar-refractivity contribution in [1.82, 2.24) is 20.3 Å². The van der Waals surface area contributed by atoms with Gasteiger partial charge in [0.15, 0.2) is 5.69 Å². The van der Waals surface area contributed by atoms with Gasteiger partial charge in [0.2, 0.25) is 5.91 Å². The van der Waals surface area contributed by atoms with E-state index < -0.39 is 5.97 Å². The lowest BCUT2D eigenvalue weighted by atomic mass is 9.87. The quantitative estimate of drug-likeness (QED) is 0.834. The number of carboxylic acid groups (broad SMARTS) is 1. The molecule has 1 amide bonds. The molecule has 0 aliphatic heterocycles. The molecule has 0 saturated heterocycles. The number of rotatable bonds is 4. The topological polar surface area (TPSA) is 97.1 Å². The minimum Gasteiger partial charge on any atom is -0.476 e. The van der Waals surface area contributed by atoms with Gasteiger partial charge in [0, 0.05) is 6.04 Å². The summed E-state index contributed by atoms with van der Waals surface area (Å²) in [4.78, 5) is 22.4. The molecule has 0 unspecified atom stereocenters. The van der Waals surface area contributed by atoms with Gasteiger partial charge in [-0.3, -0.25) is 4.79 Å². The Morgan fingerprint density at radius 3 is 2.68 bits per heavy atom. The van der Waals surface area contributed by atoms with Crippen molar-refractivity contribution in [2.45, 2.75) is 45.2 Å². The molecule has 1 fully saturated rings. The second kappa shape index (κ2) is 5.81. The van der Waals surface area contributed by atoms with E-state index >= 15 is 0 Å². The highest BCUT2D eigenvalue weighted by molar-refractivity contribution is 5.84. The van der Waals surface area contributed by atoms with Gasteiger partial charge in [0.25, 0.3) is 0 Å². The molecule has 1 aromatic rings. The Bertz CT molecular complexity index is 463. The number of carbonyl (C=O) groups excluding carboxylic acids is 1. The molecule has 1 saturated carbocycles. The highest BCUT2D eigenvalue weighted by Crippen LogP contribution is 2.23. The second-order valence-electron chi connectivity index (χ2n) is 5.13. The zero-order valence-electron chi connectivity index (χ0n) is 10.9. The van der Waals surface area contributed by atoms with Gasteiger partial charge >= 0.3 is 5.97 Å². The fourth-order valence-corrected chi connectivity index (χ4v) is 2.30. The first kappa shape index (κ1) is 13.5. The van der Waals surface area contributed by atoms with Crippen molar-refractivity contribution in [2.75, 3.05) is 0 Å². The highest BCUT2D eigenvalue weighted by Gasteiger charge is 2.20. The highest BCUT2D eigenvalue weighted by atomic mass is 16.4. The number of hydrogen-bond donors (Lipinski definition) is 2. The van der Waals surface area contributed by atoms with E-state index in [4.69, 9.17) is 5.11 Å². The van der Waals surface area contributed by atoms with Crippen LogP contribution in [0.1, 0.15) is 43.1 Å². The van der Waals surface area contributed by atoms with Crippen molar-refractivity contribution < 1.29 is 14.7 Å². The number of nitrogens with zero attached hydrogens (tertiary/aromatic N) is 3. The summed E-state index contributed by atoms with van der Waals surface area (Å²) in [5, 5.41) is 18.7. The molecule has 2 N–H and O–H groups in total. The SMILES string of the molecule is CC1CCC(NC(=O)Cn2cc(C(=O)O)nn2)CC1. The van der Waals surface area contributed by atoms with E-state index in [0.717, 1.165) is 31.6 Å². The smallest absolute Gasteiger partial charge is 0.358 e. The van der Waals surface area contributed by atoms with Crippen LogP contribution in [0, 0.1) is 5.92 Å². The molecule has 1 aliphatic rings. The molecule has 0 atom stereocenters. The summed E-state index contributed by atoms with van der Waals surface area (Å²) < 4.78 is 1.24. The molecule has 0 spiro atoms. The van der Waals surface area contributed by atoms with Crippen LogP contribution in [0.15, 0.2) is 6.20 Å². The monoisotopic (exact) mass is 266 g/mol. The van der Waals surface area contributed by atoms with Gasteiger partial charge < -0.3 is 10.4 Å². The Hall–Kier alpha value is -1.92. The summed E-state index contributed by atoms with van der Waals surface area (Å²) in [5.74, 6) is -0.559. The lowest BCUT2D eigenvalue weighted by Crippen LogP contribution is -2.39. The van der Waals surface area contributed by atoms with Crippen molar-refractivity contribution in [3.63, 3.8) is 0 Å². The van der Waals surface area contributed by atoms with Gasteiger partial charge in [-0.05, 0) is 31.6 Å². The van der Waals surface area contributed by atoms with Crippen LogP contribution in [-0.4, -0.2) is 38.0 Å². The number of amides is 1. The van der Waals surface area contributed by atoms with Gasteiger partial charge in [-0.1, -0.05) is 12.1 Å². The van der Waals surface area contributed by atoms with Crippen molar-refractivity contribution in [1.29, 1.82) is 0 Å². The Morgan fingerprint density at radius 1 is 1.42 bits per heavy atom. The first-order valence-corrected chi connectivity index (χ1v) is 6.47. The van der Waals surface area contributed by atoms with E-state index in [-0.39, 0.29) is 24.2 Å². The molecule has 2 rings (SSSR count). The first-order valence-electron chi connectivity index (χ1n) is 6.47. The van der Waals surface area contributed by atoms with Crippen LogP contribution in [0.25, 0.3) is 0 Å². The third-order valence-corrected chi connectivity index (χ3v) is 3.44. The summed E-state index contributed by atoms with van der Waals surface area (Å²) in [6.07, 6.45) is 5.54. The second-order valence-corrected chi connectivity index (χ2v) is 5.13. The number of carboxylic acids is 1. The minimum atomic E-state index is -1.15. The van der Waals surface area contributed by atoms with Crippen LogP contribution in [0.2, 0.25) is 0 Å². The molecule has 19 heavy (non-hydrogen) atoms. The lowest BCUT2D eigenvalue weighted by Gasteiger charge is -2.26.